The highest BCUT2D eigenvalue weighted by Gasteiger charge is 2.28. The van der Waals surface area contributed by atoms with Crippen LogP contribution in [-0.4, -0.2) is 14.8 Å². The third-order valence-corrected chi connectivity index (χ3v) is 4.00. The van der Waals surface area contributed by atoms with Crippen LogP contribution in [0.15, 0.2) is 34.2 Å². The molecule has 0 radical (unpaired) electrons. The number of para-hydroxylation sites is 1. The smallest absolute Gasteiger partial charge is 0.344 e. The average Bonchev–Trinajstić information content (AvgIpc) is 3.13. The van der Waals surface area contributed by atoms with Crippen molar-refractivity contribution < 1.29 is 0 Å². The van der Waals surface area contributed by atoms with Gasteiger partial charge in [-0.05, 0) is 24.5 Å². The van der Waals surface area contributed by atoms with Crippen molar-refractivity contribution in [2.24, 2.45) is 0 Å². The lowest BCUT2D eigenvalue weighted by Gasteiger charge is -2.05. The molecule has 0 atom stereocenters. The molecular weight excluding hydrogens is 248 g/mol. The number of hydrogen-bond acceptors (Lipinski definition) is 4. The molecule has 1 heterocycles. The molecule has 0 amide bonds. The number of nitrogens with two attached hydrogens (primary N) is 1. The van der Waals surface area contributed by atoms with Crippen LogP contribution in [0.2, 0.25) is 0 Å². The molecule has 0 bridgehead atoms. The number of nitrogen functional groups attached to an aromatic ring is 1. The molecule has 1 aromatic carbocycles. The second-order valence-corrected chi connectivity index (χ2v) is 5.34. The van der Waals surface area contributed by atoms with E-state index in [0.717, 1.165) is 35.0 Å². The van der Waals surface area contributed by atoms with Crippen molar-refractivity contribution >= 4 is 17.4 Å². The van der Waals surface area contributed by atoms with Gasteiger partial charge in [0.15, 0.2) is 5.16 Å². The Morgan fingerprint density at radius 3 is 2.94 bits per heavy atom. The Kier molecular flexibility index (Phi) is 2.87. The third kappa shape index (κ3) is 2.15. The summed E-state index contributed by atoms with van der Waals surface area (Å²) >= 11 is 1.54. The fraction of sp³-hybridized carbons (Fsp3) is 0.333. The highest BCUT2D eigenvalue weighted by atomic mass is 32.2. The van der Waals surface area contributed by atoms with Crippen LogP contribution in [0.5, 0.6) is 0 Å². The SMILES string of the molecule is Nc1ccccc1CSc1n[nH]c(=O)n1C1CC1. The maximum atomic E-state index is 11.6. The maximum Gasteiger partial charge on any atom is 0.344 e. The lowest BCUT2D eigenvalue weighted by molar-refractivity contribution is 0.642. The molecule has 0 aliphatic heterocycles. The second-order valence-electron chi connectivity index (χ2n) is 4.40. The Morgan fingerprint density at radius 1 is 1.44 bits per heavy atom. The summed E-state index contributed by atoms with van der Waals surface area (Å²) in [6, 6.07) is 8.10. The van der Waals surface area contributed by atoms with Crippen LogP contribution in [0.25, 0.3) is 0 Å². The number of aromatic amines is 1. The highest BCUT2D eigenvalue weighted by Crippen LogP contribution is 2.36. The van der Waals surface area contributed by atoms with Crippen LogP contribution in [-0.2, 0) is 5.75 Å². The summed E-state index contributed by atoms with van der Waals surface area (Å²) < 4.78 is 1.75. The van der Waals surface area contributed by atoms with Gasteiger partial charge in [-0.3, -0.25) is 4.57 Å². The number of benzene rings is 1. The van der Waals surface area contributed by atoms with Gasteiger partial charge in [-0.2, -0.15) is 0 Å². The van der Waals surface area contributed by atoms with Gasteiger partial charge >= 0.3 is 5.69 Å². The van der Waals surface area contributed by atoms with Crippen molar-refractivity contribution in [3.05, 3.63) is 40.3 Å². The van der Waals surface area contributed by atoms with Crippen LogP contribution in [0.1, 0.15) is 24.4 Å². The fourth-order valence-corrected chi connectivity index (χ4v) is 2.88. The molecule has 18 heavy (non-hydrogen) atoms. The number of hydrogen-bond donors (Lipinski definition) is 2. The lowest BCUT2D eigenvalue weighted by Crippen LogP contribution is -2.16. The number of anilines is 1. The summed E-state index contributed by atoms with van der Waals surface area (Å²) in [6.07, 6.45) is 2.14. The number of nitrogens with zero attached hydrogens (tertiary/aromatic N) is 2. The van der Waals surface area contributed by atoms with Gasteiger partial charge in [0.05, 0.1) is 0 Å². The first-order chi connectivity index (χ1) is 8.75. The number of H-pyrrole nitrogens is 1. The van der Waals surface area contributed by atoms with Crippen LogP contribution >= 0.6 is 11.8 Å². The molecule has 1 aliphatic carbocycles. The number of aromatic nitrogens is 3. The van der Waals surface area contributed by atoms with E-state index in [-0.39, 0.29) is 5.69 Å². The standard InChI is InChI=1S/C12H14N4OS/c13-10-4-2-1-3-8(10)7-18-12-15-14-11(17)16(12)9-5-6-9/h1-4,9H,5-7,13H2,(H,14,17). The molecule has 3 rings (SSSR count). The molecule has 1 aliphatic rings. The Bertz CT molecular complexity index is 615. The third-order valence-electron chi connectivity index (χ3n) is 3.00. The van der Waals surface area contributed by atoms with Crippen molar-refractivity contribution in [1.82, 2.24) is 14.8 Å². The molecular formula is C12H14N4OS. The summed E-state index contributed by atoms with van der Waals surface area (Å²) in [5.74, 6) is 0.726. The van der Waals surface area contributed by atoms with E-state index in [4.69, 9.17) is 5.73 Å². The monoisotopic (exact) mass is 262 g/mol. The quantitative estimate of drug-likeness (QED) is 0.650. The number of thioether (sulfide) groups is 1. The maximum absolute atomic E-state index is 11.6. The van der Waals surface area contributed by atoms with Crippen molar-refractivity contribution in [2.75, 3.05) is 5.73 Å². The molecule has 0 saturated heterocycles. The van der Waals surface area contributed by atoms with Crippen LogP contribution in [0.4, 0.5) is 5.69 Å². The van der Waals surface area contributed by atoms with Crippen LogP contribution < -0.4 is 11.4 Å². The topological polar surface area (TPSA) is 76.7 Å². The largest absolute Gasteiger partial charge is 0.398 e. The molecule has 6 heteroatoms. The summed E-state index contributed by atoms with van der Waals surface area (Å²) in [6.45, 7) is 0. The molecule has 0 spiro atoms. The first-order valence-corrected chi connectivity index (χ1v) is 6.87. The Morgan fingerprint density at radius 2 is 2.22 bits per heavy atom. The van der Waals surface area contributed by atoms with Gasteiger partial charge in [0.2, 0.25) is 0 Å². The molecule has 1 fully saturated rings. The van der Waals surface area contributed by atoms with E-state index in [2.05, 4.69) is 10.2 Å². The molecule has 0 unspecified atom stereocenters. The molecule has 1 aromatic heterocycles. The summed E-state index contributed by atoms with van der Waals surface area (Å²) in [7, 11) is 0. The highest BCUT2D eigenvalue weighted by molar-refractivity contribution is 7.98. The van der Waals surface area contributed by atoms with Gasteiger partial charge in [-0.15, -0.1) is 5.10 Å². The van der Waals surface area contributed by atoms with Gasteiger partial charge in [0, 0.05) is 17.5 Å². The first-order valence-electron chi connectivity index (χ1n) is 5.89. The zero-order valence-corrected chi connectivity index (χ0v) is 10.6. The molecule has 3 N–H and O–H groups in total. The minimum absolute atomic E-state index is 0.110. The van der Waals surface area contributed by atoms with E-state index in [0.29, 0.717) is 6.04 Å². The zero-order chi connectivity index (χ0) is 12.5. The zero-order valence-electron chi connectivity index (χ0n) is 9.80. The van der Waals surface area contributed by atoms with Crippen LogP contribution in [0, 0.1) is 0 Å². The van der Waals surface area contributed by atoms with Crippen LogP contribution in [0.3, 0.4) is 0 Å². The normalized spacial score (nSPS) is 14.9. The van der Waals surface area contributed by atoms with Gasteiger partial charge in [0.1, 0.15) is 0 Å². The second kappa shape index (κ2) is 4.53. The van der Waals surface area contributed by atoms with Crippen molar-refractivity contribution in [3.8, 4) is 0 Å². The Balaban J connectivity index is 1.78. The van der Waals surface area contributed by atoms with E-state index in [1.165, 1.54) is 0 Å². The lowest BCUT2D eigenvalue weighted by atomic mass is 10.2. The molecule has 1 saturated carbocycles. The van der Waals surface area contributed by atoms with E-state index in [9.17, 15) is 4.79 Å². The average molecular weight is 262 g/mol. The minimum Gasteiger partial charge on any atom is -0.398 e. The Hall–Kier alpha value is -1.69. The first kappa shape index (κ1) is 11.4. The molecule has 2 aromatic rings. The number of rotatable bonds is 4. The van der Waals surface area contributed by atoms with E-state index in [1.54, 1.807) is 16.3 Å². The van der Waals surface area contributed by atoms with E-state index < -0.39 is 0 Å². The molecule has 94 valence electrons. The van der Waals surface area contributed by atoms with E-state index in [1.807, 2.05) is 24.3 Å². The predicted octanol–water partition coefficient (Wildman–Crippen LogP) is 1.78. The Labute approximate surface area is 108 Å². The van der Waals surface area contributed by atoms with E-state index >= 15 is 0 Å². The minimum atomic E-state index is -0.110. The van der Waals surface area contributed by atoms with Gasteiger partial charge in [0.25, 0.3) is 0 Å². The van der Waals surface area contributed by atoms with Gasteiger partial charge < -0.3 is 5.73 Å². The fourth-order valence-electron chi connectivity index (χ4n) is 1.85. The van der Waals surface area contributed by atoms with Crippen molar-refractivity contribution in [1.29, 1.82) is 0 Å². The predicted molar refractivity (Wildman–Crippen MR) is 71.5 cm³/mol. The summed E-state index contributed by atoms with van der Waals surface area (Å²) in [4.78, 5) is 11.6. The van der Waals surface area contributed by atoms with Crippen molar-refractivity contribution in [2.45, 2.75) is 29.8 Å². The van der Waals surface area contributed by atoms with Gasteiger partial charge in [-0.1, -0.05) is 30.0 Å². The summed E-state index contributed by atoms with van der Waals surface area (Å²) in [5, 5.41) is 7.34. The number of nitrogens with one attached hydrogen (secondary N) is 1. The molecule has 5 nitrogen and oxygen atoms in total. The summed E-state index contributed by atoms with van der Waals surface area (Å²) in [5.41, 5.74) is 7.63. The van der Waals surface area contributed by atoms with Gasteiger partial charge in [-0.25, -0.2) is 9.89 Å². The van der Waals surface area contributed by atoms with Crippen molar-refractivity contribution in [3.63, 3.8) is 0 Å².